The second-order valence-corrected chi connectivity index (χ2v) is 8.09. The lowest BCUT2D eigenvalue weighted by Crippen LogP contribution is -2.20. The van der Waals surface area contributed by atoms with Crippen molar-refractivity contribution in [2.75, 3.05) is 32.3 Å². The van der Waals surface area contributed by atoms with Crippen molar-refractivity contribution in [3.63, 3.8) is 0 Å². The molecule has 6 nitrogen and oxygen atoms in total. The smallest absolute Gasteiger partial charge is 0.205 e. The zero-order valence-corrected chi connectivity index (χ0v) is 19.4. The molecular formula is C27H32N2O4. The van der Waals surface area contributed by atoms with Crippen LogP contribution in [0.1, 0.15) is 31.2 Å². The van der Waals surface area contributed by atoms with Gasteiger partial charge in [-0.2, -0.15) is 0 Å². The molecule has 0 saturated heterocycles. The van der Waals surface area contributed by atoms with E-state index in [9.17, 15) is 0 Å². The third-order valence-corrected chi connectivity index (χ3v) is 5.81. The van der Waals surface area contributed by atoms with E-state index in [-0.39, 0.29) is 6.10 Å². The number of rotatable bonds is 11. The van der Waals surface area contributed by atoms with E-state index in [4.69, 9.17) is 18.9 Å². The standard InChI is InChI=1S/C27H32N2O4/c1-30-17-18-32-25-15-14-24(26(27(25)31-2)33-23-12-6-7-13-23)29(22-10-4-3-5-11-22)20-21-9-8-16-28-19-21/h3-5,8-11,14-16,19,23H,6-7,12-13,17-18,20H2,1-2H3. The second-order valence-electron chi connectivity index (χ2n) is 8.09. The van der Waals surface area contributed by atoms with Gasteiger partial charge in [0.2, 0.25) is 5.75 Å². The number of hydrogen-bond acceptors (Lipinski definition) is 6. The monoisotopic (exact) mass is 448 g/mol. The summed E-state index contributed by atoms with van der Waals surface area (Å²) in [6.07, 6.45) is 8.32. The van der Waals surface area contributed by atoms with Gasteiger partial charge in [0.05, 0.1) is 25.5 Å². The van der Waals surface area contributed by atoms with Gasteiger partial charge in [-0.15, -0.1) is 0 Å². The Hall–Kier alpha value is -3.25. The fourth-order valence-electron chi connectivity index (χ4n) is 4.17. The summed E-state index contributed by atoms with van der Waals surface area (Å²) in [6.45, 7) is 1.58. The van der Waals surface area contributed by atoms with E-state index in [0.717, 1.165) is 29.8 Å². The van der Waals surface area contributed by atoms with Crippen LogP contribution in [0.4, 0.5) is 11.4 Å². The maximum atomic E-state index is 6.62. The van der Waals surface area contributed by atoms with Gasteiger partial charge >= 0.3 is 0 Å². The quantitative estimate of drug-likeness (QED) is 0.347. The molecule has 3 aromatic rings. The van der Waals surface area contributed by atoms with Crippen LogP contribution < -0.4 is 19.1 Å². The summed E-state index contributed by atoms with van der Waals surface area (Å²) >= 11 is 0. The molecule has 1 aliphatic carbocycles. The molecule has 1 aromatic heterocycles. The number of methoxy groups -OCH3 is 2. The Balaban J connectivity index is 1.78. The van der Waals surface area contributed by atoms with Crippen molar-refractivity contribution in [1.29, 1.82) is 0 Å². The first kappa shape index (κ1) is 22.9. The lowest BCUT2D eigenvalue weighted by Gasteiger charge is -2.29. The largest absolute Gasteiger partial charge is 0.490 e. The van der Waals surface area contributed by atoms with Gasteiger partial charge in [0.25, 0.3) is 0 Å². The molecule has 1 saturated carbocycles. The Kier molecular flexibility index (Phi) is 8.04. The molecule has 1 aliphatic rings. The van der Waals surface area contributed by atoms with E-state index in [0.29, 0.717) is 37.0 Å². The van der Waals surface area contributed by atoms with Gasteiger partial charge in [0.15, 0.2) is 11.5 Å². The van der Waals surface area contributed by atoms with E-state index < -0.39 is 0 Å². The molecule has 0 atom stereocenters. The van der Waals surface area contributed by atoms with Crippen molar-refractivity contribution in [3.05, 3.63) is 72.6 Å². The number of anilines is 2. The second kappa shape index (κ2) is 11.6. The maximum Gasteiger partial charge on any atom is 0.205 e. The summed E-state index contributed by atoms with van der Waals surface area (Å²) in [5.41, 5.74) is 3.10. The summed E-state index contributed by atoms with van der Waals surface area (Å²) < 4.78 is 23.6. The van der Waals surface area contributed by atoms with Gasteiger partial charge in [-0.1, -0.05) is 24.3 Å². The van der Waals surface area contributed by atoms with Crippen LogP contribution in [0.2, 0.25) is 0 Å². The minimum absolute atomic E-state index is 0.169. The highest BCUT2D eigenvalue weighted by atomic mass is 16.6. The molecular weight excluding hydrogens is 416 g/mol. The van der Waals surface area contributed by atoms with E-state index in [2.05, 4.69) is 34.1 Å². The summed E-state index contributed by atoms with van der Waals surface area (Å²) in [4.78, 5) is 6.54. The van der Waals surface area contributed by atoms with Crippen molar-refractivity contribution in [3.8, 4) is 17.2 Å². The number of pyridine rings is 1. The van der Waals surface area contributed by atoms with Gasteiger partial charge in [0.1, 0.15) is 6.61 Å². The first-order valence-electron chi connectivity index (χ1n) is 11.5. The number of hydrogen-bond donors (Lipinski definition) is 0. The fourth-order valence-corrected chi connectivity index (χ4v) is 4.17. The van der Waals surface area contributed by atoms with E-state index in [1.54, 1.807) is 20.4 Å². The molecule has 4 rings (SSSR count). The van der Waals surface area contributed by atoms with Crippen LogP contribution in [-0.4, -0.2) is 38.5 Å². The SMILES string of the molecule is COCCOc1ccc(N(Cc2cccnc2)c2ccccc2)c(OC2CCCC2)c1OC. The minimum atomic E-state index is 0.169. The topological polar surface area (TPSA) is 53.1 Å². The Morgan fingerprint density at radius 2 is 1.73 bits per heavy atom. The molecule has 0 N–H and O–H groups in total. The lowest BCUT2D eigenvalue weighted by atomic mass is 10.1. The molecule has 6 heteroatoms. The molecule has 2 aromatic carbocycles. The van der Waals surface area contributed by atoms with Gasteiger partial charge in [-0.3, -0.25) is 4.98 Å². The van der Waals surface area contributed by atoms with E-state index >= 15 is 0 Å². The highest BCUT2D eigenvalue weighted by molar-refractivity contribution is 5.75. The number of ether oxygens (including phenoxy) is 4. The molecule has 1 fully saturated rings. The van der Waals surface area contributed by atoms with Crippen molar-refractivity contribution in [2.24, 2.45) is 0 Å². The van der Waals surface area contributed by atoms with Gasteiger partial charge in [-0.05, 0) is 61.6 Å². The summed E-state index contributed by atoms with van der Waals surface area (Å²) in [7, 11) is 3.33. The maximum absolute atomic E-state index is 6.62. The highest BCUT2D eigenvalue weighted by Gasteiger charge is 2.26. The third-order valence-electron chi connectivity index (χ3n) is 5.81. The molecule has 1 heterocycles. The molecule has 0 unspecified atom stereocenters. The Morgan fingerprint density at radius 3 is 2.42 bits per heavy atom. The summed E-state index contributed by atoms with van der Waals surface area (Å²) in [5.74, 6) is 1.98. The normalized spacial score (nSPS) is 13.6. The van der Waals surface area contributed by atoms with Crippen LogP contribution in [0.5, 0.6) is 17.2 Å². The van der Waals surface area contributed by atoms with Gasteiger partial charge in [0, 0.05) is 31.7 Å². The van der Waals surface area contributed by atoms with Crippen LogP contribution >= 0.6 is 0 Å². The van der Waals surface area contributed by atoms with Crippen LogP contribution in [0.25, 0.3) is 0 Å². The number of nitrogens with zero attached hydrogens (tertiary/aromatic N) is 2. The molecule has 0 aliphatic heterocycles. The third kappa shape index (κ3) is 5.76. The molecule has 0 radical (unpaired) electrons. The molecule has 0 bridgehead atoms. The van der Waals surface area contributed by atoms with Crippen LogP contribution in [0, 0.1) is 0 Å². The molecule has 0 spiro atoms. The van der Waals surface area contributed by atoms with Crippen LogP contribution in [-0.2, 0) is 11.3 Å². The van der Waals surface area contributed by atoms with Crippen molar-refractivity contribution in [1.82, 2.24) is 4.98 Å². The average Bonchev–Trinajstić information content (AvgIpc) is 3.38. The highest BCUT2D eigenvalue weighted by Crippen LogP contribution is 2.48. The summed E-state index contributed by atoms with van der Waals surface area (Å²) in [5, 5.41) is 0. The molecule has 0 amide bonds. The minimum Gasteiger partial charge on any atom is -0.490 e. The van der Waals surface area contributed by atoms with Crippen LogP contribution in [0.15, 0.2) is 67.0 Å². The predicted molar refractivity (Wildman–Crippen MR) is 130 cm³/mol. The first-order valence-corrected chi connectivity index (χ1v) is 11.5. The number of para-hydroxylation sites is 1. The lowest BCUT2D eigenvalue weighted by molar-refractivity contribution is 0.142. The van der Waals surface area contributed by atoms with Crippen LogP contribution in [0.3, 0.4) is 0 Å². The number of aromatic nitrogens is 1. The van der Waals surface area contributed by atoms with Crippen molar-refractivity contribution in [2.45, 2.75) is 38.3 Å². The summed E-state index contributed by atoms with van der Waals surface area (Å²) in [6, 6.07) is 18.4. The predicted octanol–water partition coefficient (Wildman–Crippen LogP) is 5.78. The molecule has 174 valence electrons. The van der Waals surface area contributed by atoms with Gasteiger partial charge < -0.3 is 23.8 Å². The Labute approximate surface area is 196 Å². The van der Waals surface area contributed by atoms with E-state index in [1.165, 1.54) is 12.8 Å². The Morgan fingerprint density at radius 1 is 0.909 bits per heavy atom. The number of benzene rings is 2. The Bertz CT molecular complexity index is 992. The van der Waals surface area contributed by atoms with Crippen molar-refractivity contribution < 1.29 is 18.9 Å². The molecule has 33 heavy (non-hydrogen) atoms. The van der Waals surface area contributed by atoms with Crippen molar-refractivity contribution >= 4 is 11.4 Å². The van der Waals surface area contributed by atoms with E-state index in [1.807, 2.05) is 36.5 Å². The zero-order valence-electron chi connectivity index (χ0n) is 19.4. The fraction of sp³-hybridized carbons (Fsp3) is 0.370. The van der Waals surface area contributed by atoms with Gasteiger partial charge in [-0.25, -0.2) is 0 Å². The average molecular weight is 449 g/mol. The first-order chi connectivity index (χ1) is 16.3. The zero-order chi connectivity index (χ0) is 22.9.